The summed E-state index contributed by atoms with van der Waals surface area (Å²) in [7, 11) is -3.82. The van der Waals surface area contributed by atoms with Crippen molar-refractivity contribution in [2.75, 3.05) is 39.4 Å². The third kappa shape index (κ3) is 9.24. The van der Waals surface area contributed by atoms with Crippen LogP contribution in [0.25, 0.3) is 0 Å². The van der Waals surface area contributed by atoms with Gasteiger partial charge in [-0.1, -0.05) is 30.8 Å². The monoisotopic (exact) mass is 589 g/mol. The van der Waals surface area contributed by atoms with Crippen molar-refractivity contribution in [1.82, 2.24) is 19.2 Å². The van der Waals surface area contributed by atoms with Gasteiger partial charge in [0.05, 0.1) is 12.3 Å². The van der Waals surface area contributed by atoms with Crippen LogP contribution >= 0.6 is 11.8 Å². The summed E-state index contributed by atoms with van der Waals surface area (Å²) in [6.07, 6.45) is -0.431. The summed E-state index contributed by atoms with van der Waals surface area (Å²) in [4.78, 5) is 23.0. The molecule has 0 radical (unpaired) electrons. The van der Waals surface area contributed by atoms with Crippen molar-refractivity contribution in [3.05, 3.63) is 47.2 Å². The Morgan fingerprint density at radius 2 is 1.92 bits per heavy atom. The number of benzene rings is 1. The van der Waals surface area contributed by atoms with Crippen molar-refractivity contribution in [3.8, 4) is 5.88 Å². The van der Waals surface area contributed by atoms with Crippen molar-refractivity contribution in [1.29, 1.82) is 0 Å². The Hall–Kier alpha value is -2.59. The first-order valence-corrected chi connectivity index (χ1v) is 14.7. The highest BCUT2D eigenvalue weighted by molar-refractivity contribution is 7.98. The molecule has 1 aromatic carbocycles. The number of thioether (sulfide) groups is 1. The largest absolute Gasteiger partial charge is 0.477 e. The van der Waals surface area contributed by atoms with E-state index < -0.39 is 33.5 Å². The topological polar surface area (TPSA) is 148 Å². The Morgan fingerprint density at radius 1 is 1.23 bits per heavy atom. The molecule has 11 nitrogen and oxygen atoms in total. The van der Waals surface area contributed by atoms with Crippen LogP contribution in [0.2, 0.25) is 0 Å². The number of rotatable bonds is 11. The van der Waals surface area contributed by atoms with Crippen LogP contribution in [0.4, 0.5) is 13.6 Å². The lowest BCUT2D eigenvalue weighted by atomic mass is 10.0. The van der Waals surface area contributed by atoms with Gasteiger partial charge in [0.2, 0.25) is 5.88 Å². The number of nitrogens with two attached hydrogens (primary N) is 1. The summed E-state index contributed by atoms with van der Waals surface area (Å²) in [5.41, 5.74) is -0.382. The lowest BCUT2D eigenvalue weighted by Gasteiger charge is -2.35. The second-order valence-electron chi connectivity index (χ2n) is 9.82. The predicted octanol–water partition coefficient (Wildman–Crippen LogP) is 2.33. The minimum Gasteiger partial charge on any atom is -0.477 e. The summed E-state index contributed by atoms with van der Waals surface area (Å²) < 4.78 is 63.3. The molecule has 2 aromatic rings. The summed E-state index contributed by atoms with van der Waals surface area (Å²) >= 11 is 1.09. The van der Waals surface area contributed by atoms with E-state index in [0.29, 0.717) is 5.69 Å². The molecule has 0 aliphatic carbocycles. The van der Waals surface area contributed by atoms with E-state index >= 15 is 0 Å². The number of hydrogen-bond acceptors (Lipinski definition) is 9. The van der Waals surface area contributed by atoms with Gasteiger partial charge in [-0.15, -0.1) is 0 Å². The van der Waals surface area contributed by atoms with E-state index in [-0.39, 0.29) is 74.1 Å². The number of carbonyl (C=O) groups is 1. The van der Waals surface area contributed by atoms with Crippen LogP contribution in [0.1, 0.15) is 32.0 Å². The van der Waals surface area contributed by atoms with E-state index in [1.54, 1.807) is 26.8 Å². The maximum absolute atomic E-state index is 14.1. The van der Waals surface area contributed by atoms with Crippen molar-refractivity contribution in [3.63, 3.8) is 0 Å². The number of aromatic nitrogens is 2. The lowest BCUT2D eigenvalue weighted by Crippen LogP contribution is -2.53. The molecule has 0 spiro atoms. The molecule has 0 bridgehead atoms. The fourth-order valence-corrected chi connectivity index (χ4v) is 5.18. The third-order valence-electron chi connectivity index (χ3n) is 5.78. The van der Waals surface area contributed by atoms with E-state index in [2.05, 4.69) is 9.97 Å². The first-order valence-electron chi connectivity index (χ1n) is 12.2. The number of halogens is 2. The molecule has 1 fully saturated rings. The van der Waals surface area contributed by atoms with Crippen LogP contribution in [0.3, 0.4) is 0 Å². The fraction of sp³-hybridized carbons (Fsp3) is 0.542. The molecule has 3 rings (SSSR count). The number of carbonyl (C=O) groups excluding carboxylic acids is 1. The average Bonchev–Trinajstić information content (AvgIpc) is 2.87. The average molecular weight is 590 g/mol. The summed E-state index contributed by atoms with van der Waals surface area (Å²) in [6.45, 7) is 5.74. The Kier molecular flexibility index (Phi) is 10.5. The van der Waals surface area contributed by atoms with Gasteiger partial charge in [-0.05, 0) is 19.9 Å². The number of piperazine rings is 1. The Morgan fingerprint density at radius 3 is 2.56 bits per heavy atom. The van der Waals surface area contributed by atoms with Crippen LogP contribution in [0.15, 0.2) is 29.4 Å². The highest BCUT2D eigenvalue weighted by atomic mass is 32.2. The molecule has 1 atom stereocenters. The number of hydrogen-bond donors (Lipinski definition) is 2. The first kappa shape index (κ1) is 30.9. The minimum absolute atomic E-state index is 0.0692. The van der Waals surface area contributed by atoms with E-state index in [1.165, 1.54) is 17.0 Å². The Bertz CT molecular complexity index is 1260. The number of aliphatic hydroxyl groups excluding tert-OH is 1. The van der Waals surface area contributed by atoms with Crippen LogP contribution in [-0.4, -0.2) is 83.8 Å². The second kappa shape index (κ2) is 13.2. The normalized spacial score (nSPS) is 15.7. The molecule has 3 N–H and O–H groups in total. The van der Waals surface area contributed by atoms with Crippen LogP contribution in [-0.2, 0) is 27.1 Å². The Balaban J connectivity index is 1.71. The third-order valence-corrected chi connectivity index (χ3v) is 7.76. The van der Waals surface area contributed by atoms with Gasteiger partial charge in [-0.3, -0.25) is 0 Å². The molecule has 1 aliphatic rings. The highest BCUT2D eigenvalue weighted by Gasteiger charge is 2.31. The smallest absolute Gasteiger partial charge is 0.410 e. The second-order valence-corrected chi connectivity index (χ2v) is 12.3. The highest BCUT2D eigenvalue weighted by Crippen LogP contribution is 2.27. The number of amides is 1. The lowest BCUT2D eigenvalue weighted by molar-refractivity contribution is 0.00824. The van der Waals surface area contributed by atoms with Gasteiger partial charge in [-0.25, -0.2) is 23.7 Å². The van der Waals surface area contributed by atoms with Crippen molar-refractivity contribution < 1.29 is 36.6 Å². The van der Waals surface area contributed by atoms with Crippen LogP contribution < -0.4 is 9.88 Å². The van der Waals surface area contributed by atoms with E-state index in [0.717, 1.165) is 22.1 Å². The van der Waals surface area contributed by atoms with Gasteiger partial charge in [0.1, 0.15) is 5.60 Å². The summed E-state index contributed by atoms with van der Waals surface area (Å²) in [5, 5.41) is 14.7. The van der Waals surface area contributed by atoms with Crippen molar-refractivity contribution in [2.24, 2.45) is 11.1 Å². The van der Waals surface area contributed by atoms with Crippen LogP contribution in [0.5, 0.6) is 5.88 Å². The number of ether oxygens (including phenoxy) is 2. The van der Waals surface area contributed by atoms with E-state index in [4.69, 9.17) is 14.6 Å². The molecule has 0 saturated carbocycles. The van der Waals surface area contributed by atoms with Gasteiger partial charge in [0, 0.05) is 62.5 Å². The zero-order valence-corrected chi connectivity index (χ0v) is 23.6. The predicted molar refractivity (Wildman–Crippen MR) is 140 cm³/mol. The van der Waals surface area contributed by atoms with Gasteiger partial charge in [-0.2, -0.15) is 17.7 Å². The molecule has 2 heterocycles. The zero-order valence-electron chi connectivity index (χ0n) is 22.0. The quantitative estimate of drug-likeness (QED) is 0.298. The van der Waals surface area contributed by atoms with Gasteiger partial charge in [0.15, 0.2) is 16.8 Å². The first-order chi connectivity index (χ1) is 18.3. The number of nitrogens with zero attached hydrogens (tertiary/aromatic N) is 4. The summed E-state index contributed by atoms with van der Waals surface area (Å²) in [6, 6.07) is 5.53. The van der Waals surface area contributed by atoms with Gasteiger partial charge in [0.25, 0.3) is 10.2 Å². The molecular formula is C24H33F2N5O6S2. The SMILES string of the molecule is C[C@H](CO)COc1cc(CC(C)(C)OC(=O)N2CCN(S(N)(=O)=O)CC2)nc(SCc2cccc(F)c2F)n1. The molecular weight excluding hydrogens is 556 g/mol. The summed E-state index contributed by atoms with van der Waals surface area (Å²) in [5.74, 6) is -1.73. The standard InChI is InChI=1S/C24H33F2N5O6S2/c1-16(13-32)14-36-20-11-18(28-22(29-20)38-15-17-5-4-6-19(25)21(17)26)12-24(2,3)37-23(33)30-7-9-31(10-8-30)39(27,34)35/h4-6,11,16,32H,7-10,12-15H2,1-3H3,(H2,27,34,35)/t16-/m1/s1. The van der Waals surface area contributed by atoms with Crippen molar-refractivity contribution in [2.45, 2.75) is 43.7 Å². The fourth-order valence-electron chi connectivity index (χ4n) is 3.66. The molecule has 15 heteroatoms. The minimum atomic E-state index is -3.82. The molecule has 216 valence electrons. The Labute approximate surface area is 230 Å². The molecule has 39 heavy (non-hydrogen) atoms. The van der Waals surface area contributed by atoms with E-state index in [1.807, 2.05) is 0 Å². The molecule has 0 unspecified atom stereocenters. The van der Waals surface area contributed by atoms with Gasteiger partial charge < -0.3 is 19.5 Å². The van der Waals surface area contributed by atoms with E-state index in [9.17, 15) is 27.1 Å². The molecule has 1 aromatic heterocycles. The van der Waals surface area contributed by atoms with Gasteiger partial charge >= 0.3 is 6.09 Å². The maximum atomic E-state index is 14.1. The van der Waals surface area contributed by atoms with Crippen LogP contribution in [0, 0.1) is 17.6 Å². The maximum Gasteiger partial charge on any atom is 0.410 e. The number of aliphatic hydroxyl groups is 1. The molecule has 1 aliphatic heterocycles. The zero-order chi connectivity index (χ0) is 28.8. The molecule has 1 amide bonds. The molecule has 1 saturated heterocycles. The van der Waals surface area contributed by atoms with Crippen molar-refractivity contribution >= 4 is 28.1 Å².